The molecular formula is C13H24N2O2. The van der Waals surface area contributed by atoms with Crippen LogP contribution in [-0.4, -0.2) is 49.7 Å². The van der Waals surface area contributed by atoms with Gasteiger partial charge in [-0.1, -0.05) is 0 Å². The summed E-state index contributed by atoms with van der Waals surface area (Å²) < 4.78 is 5.50. The third-order valence-electron chi connectivity index (χ3n) is 3.40. The molecule has 1 amide bonds. The summed E-state index contributed by atoms with van der Waals surface area (Å²) in [5.41, 5.74) is 0. The molecule has 2 aliphatic rings. The molecule has 0 aromatic heterocycles. The van der Waals surface area contributed by atoms with E-state index in [4.69, 9.17) is 4.74 Å². The van der Waals surface area contributed by atoms with Gasteiger partial charge in [-0.05, 0) is 38.5 Å². The minimum absolute atomic E-state index is 0.234. The largest absolute Gasteiger partial charge is 0.380 e. The van der Waals surface area contributed by atoms with Crippen LogP contribution < -0.4 is 5.32 Å². The van der Waals surface area contributed by atoms with Crippen LogP contribution in [0.2, 0.25) is 0 Å². The fourth-order valence-electron chi connectivity index (χ4n) is 2.00. The van der Waals surface area contributed by atoms with E-state index < -0.39 is 0 Å². The van der Waals surface area contributed by atoms with Gasteiger partial charge >= 0.3 is 0 Å². The first kappa shape index (κ1) is 12.8. The molecule has 0 aromatic rings. The SMILES string of the molecule is CCN(C(=O)CNCCOCC1CC1)C1CC1. The lowest BCUT2D eigenvalue weighted by Crippen LogP contribution is -2.40. The zero-order chi connectivity index (χ0) is 12.1. The number of nitrogens with one attached hydrogen (secondary N) is 1. The molecule has 0 aromatic carbocycles. The predicted octanol–water partition coefficient (Wildman–Crippen LogP) is 1.01. The third-order valence-corrected chi connectivity index (χ3v) is 3.40. The zero-order valence-corrected chi connectivity index (χ0v) is 10.8. The molecule has 0 saturated heterocycles. The minimum Gasteiger partial charge on any atom is -0.380 e. The lowest BCUT2D eigenvalue weighted by Gasteiger charge is -2.20. The van der Waals surface area contributed by atoms with Crippen molar-refractivity contribution in [3.8, 4) is 0 Å². The summed E-state index contributed by atoms with van der Waals surface area (Å²) in [6.07, 6.45) is 5.03. The lowest BCUT2D eigenvalue weighted by molar-refractivity contribution is -0.130. The standard InChI is InChI=1S/C13H24N2O2/c1-2-15(12-5-6-12)13(16)9-14-7-8-17-10-11-3-4-11/h11-12,14H,2-10H2,1H3. The van der Waals surface area contributed by atoms with Gasteiger partial charge in [0.15, 0.2) is 0 Å². The molecule has 0 radical (unpaired) electrons. The Bertz CT molecular complexity index is 250. The van der Waals surface area contributed by atoms with E-state index in [-0.39, 0.29) is 5.91 Å². The Labute approximate surface area is 104 Å². The van der Waals surface area contributed by atoms with Crippen molar-refractivity contribution in [3.63, 3.8) is 0 Å². The first-order chi connectivity index (χ1) is 8.31. The van der Waals surface area contributed by atoms with Gasteiger partial charge < -0.3 is 15.0 Å². The van der Waals surface area contributed by atoms with Crippen molar-refractivity contribution in [3.05, 3.63) is 0 Å². The van der Waals surface area contributed by atoms with Crippen LogP contribution in [0.3, 0.4) is 0 Å². The molecule has 0 unspecified atom stereocenters. The Hall–Kier alpha value is -0.610. The van der Waals surface area contributed by atoms with Crippen LogP contribution in [-0.2, 0) is 9.53 Å². The molecule has 0 heterocycles. The van der Waals surface area contributed by atoms with E-state index in [1.165, 1.54) is 25.7 Å². The maximum absolute atomic E-state index is 11.8. The Kier molecular flexibility index (Phi) is 4.80. The van der Waals surface area contributed by atoms with Crippen LogP contribution >= 0.6 is 0 Å². The second kappa shape index (κ2) is 6.36. The van der Waals surface area contributed by atoms with Crippen LogP contribution in [0.5, 0.6) is 0 Å². The van der Waals surface area contributed by atoms with Gasteiger partial charge in [0.25, 0.3) is 0 Å². The number of rotatable bonds is 9. The molecule has 17 heavy (non-hydrogen) atoms. The van der Waals surface area contributed by atoms with E-state index >= 15 is 0 Å². The van der Waals surface area contributed by atoms with E-state index in [1.807, 2.05) is 4.90 Å². The molecule has 4 nitrogen and oxygen atoms in total. The first-order valence-corrected chi connectivity index (χ1v) is 6.89. The van der Waals surface area contributed by atoms with Gasteiger partial charge in [0.1, 0.15) is 0 Å². The molecule has 2 rings (SSSR count). The maximum Gasteiger partial charge on any atom is 0.236 e. The molecule has 2 saturated carbocycles. The molecule has 0 spiro atoms. The Morgan fingerprint density at radius 1 is 1.35 bits per heavy atom. The van der Waals surface area contributed by atoms with E-state index in [9.17, 15) is 4.79 Å². The van der Waals surface area contributed by atoms with Crippen molar-refractivity contribution in [2.75, 3.05) is 32.8 Å². The van der Waals surface area contributed by atoms with Crippen molar-refractivity contribution >= 4 is 5.91 Å². The highest BCUT2D eigenvalue weighted by atomic mass is 16.5. The number of hydrogen-bond donors (Lipinski definition) is 1. The minimum atomic E-state index is 0.234. The molecule has 2 aliphatic carbocycles. The van der Waals surface area contributed by atoms with Crippen LogP contribution in [0.15, 0.2) is 0 Å². The summed E-state index contributed by atoms with van der Waals surface area (Å²) >= 11 is 0. The molecule has 0 atom stereocenters. The number of amides is 1. The highest BCUT2D eigenvalue weighted by Crippen LogP contribution is 2.28. The van der Waals surface area contributed by atoms with Crippen LogP contribution in [0.4, 0.5) is 0 Å². The summed E-state index contributed by atoms with van der Waals surface area (Å²) in [7, 11) is 0. The number of carbonyl (C=O) groups is 1. The van der Waals surface area contributed by atoms with Crippen LogP contribution in [0, 0.1) is 5.92 Å². The first-order valence-electron chi connectivity index (χ1n) is 6.89. The molecule has 4 heteroatoms. The second-order valence-electron chi connectivity index (χ2n) is 5.11. The lowest BCUT2D eigenvalue weighted by atomic mass is 10.4. The third kappa shape index (κ3) is 4.64. The van der Waals surface area contributed by atoms with E-state index in [1.54, 1.807) is 0 Å². The van der Waals surface area contributed by atoms with Gasteiger partial charge in [-0.2, -0.15) is 0 Å². The fraction of sp³-hybridized carbons (Fsp3) is 0.923. The summed E-state index contributed by atoms with van der Waals surface area (Å²) in [5.74, 6) is 1.05. The molecule has 0 aliphatic heterocycles. The molecular weight excluding hydrogens is 216 g/mol. The summed E-state index contributed by atoms with van der Waals surface area (Å²) in [4.78, 5) is 13.8. The highest BCUT2D eigenvalue weighted by molar-refractivity contribution is 5.78. The smallest absolute Gasteiger partial charge is 0.236 e. The molecule has 2 fully saturated rings. The average Bonchev–Trinajstić information content (AvgIpc) is 3.15. The monoisotopic (exact) mass is 240 g/mol. The summed E-state index contributed by atoms with van der Waals surface area (Å²) in [6, 6.07) is 0.528. The topological polar surface area (TPSA) is 41.6 Å². The zero-order valence-electron chi connectivity index (χ0n) is 10.8. The van der Waals surface area contributed by atoms with E-state index in [2.05, 4.69) is 12.2 Å². The molecule has 1 N–H and O–H groups in total. The molecule has 98 valence electrons. The van der Waals surface area contributed by atoms with Crippen molar-refractivity contribution < 1.29 is 9.53 Å². The highest BCUT2D eigenvalue weighted by Gasteiger charge is 2.30. The maximum atomic E-state index is 11.8. The van der Waals surface area contributed by atoms with Crippen molar-refractivity contribution in [2.24, 2.45) is 5.92 Å². The fourth-order valence-corrected chi connectivity index (χ4v) is 2.00. The number of likely N-dealkylation sites (N-methyl/N-ethyl adjacent to an activating group) is 1. The number of carbonyl (C=O) groups excluding carboxylic acids is 1. The van der Waals surface area contributed by atoms with Crippen LogP contribution in [0.1, 0.15) is 32.6 Å². The predicted molar refractivity (Wildman–Crippen MR) is 66.8 cm³/mol. The number of nitrogens with zero attached hydrogens (tertiary/aromatic N) is 1. The summed E-state index contributed by atoms with van der Waals surface area (Å²) in [5, 5.41) is 3.16. The van der Waals surface area contributed by atoms with Gasteiger partial charge in [0, 0.05) is 25.7 Å². The average molecular weight is 240 g/mol. The second-order valence-corrected chi connectivity index (χ2v) is 5.11. The number of ether oxygens (including phenoxy) is 1. The van der Waals surface area contributed by atoms with E-state index in [0.29, 0.717) is 12.6 Å². The Balaban J connectivity index is 1.46. The van der Waals surface area contributed by atoms with Gasteiger partial charge in [-0.15, -0.1) is 0 Å². The summed E-state index contributed by atoms with van der Waals surface area (Å²) in [6.45, 7) is 5.74. The van der Waals surface area contributed by atoms with Crippen molar-refractivity contribution in [2.45, 2.75) is 38.6 Å². The van der Waals surface area contributed by atoms with Crippen LogP contribution in [0.25, 0.3) is 0 Å². The van der Waals surface area contributed by atoms with Gasteiger partial charge in [0.05, 0.1) is 13.2 Å². The van der Waals surface area contributed by atoms with Gasteiger partial charge in [0.2, 0.25) is 5.91 Å². The van der Waals surface area contributed by atoms with Crippen molar-refractivity contribution in [1.29, 1.82) is 0 Å². The van der Waals surface area contributed by atoms with Crippen molar-refractivity contribution in [1.82, 2.24) is 10.2 Å². The normalized spacial score (nSPS) is 19.4. The Morgan fingerprint density at radius 2 is 2.12 bits per heavy atom. The quantitative estimate of drug-likeness (QED) is 0.612. The Morgan fingerprint density at radius 3 is 2.71 bits per heavy atom. The van der Waals surface area contributed by atoms with E-state index in [0.717, 1.165) is 32.2 Å². The van der Waals surface area contributed by atoms with Gasteiger partial charge in [-0.3, -0.25) is 4.79 Å². The number of hydrogen-bond acceptors (Lipinski definition) is 3. The molecule has 0 bridgehead atoms. The van der Waals surface area contributed by atoms with Gasteiger partial charge in [-0.25, -0.2) is 0 Å².